The molecule has 1 atom stereocenters. The third kappa shape index (κ3) is 2.46. The third-order valence-electron chi connectivity index (χ3n) is 3.19. The summed E-state index contributed by atoms with van der Waals surface area (Å²) in [5, 5.41) is 7.12. The predicted octanol–water partition coefficient (Wildman–Crippen LogP) is 3.25. The van der Waals surface area contributed by atoms with Crippen LogP contribution in [-0.4, -0.2) is 9.78 Å². The molecule has 0 aliphatic carbocycles. The van der Waals surface area contributed by atoms with Crippen LogP contribution < -0.4 is 5.73 Å². The smallest absolute Gasteiger partial charge is 0.130 e. The van der Waals surface area contributed by atoms with Gasteiger partial charge in [-0.25, -0.2) is 0 Å². The summed E-state index contributed by atoms with van der Waals surface area (Å²) in [6, 6.07) is 2.15. The number of aryl methyl sites for hydroxylation is 3. The molecular formula is C13H18ClN3S. The van der Waals surface area contributed by atoms with E-state index in [1.165, 1.54) is 10.4 Å². The Kier molecular flexibility index (Phi) is 4.10. The second-order valence-corrected chi connectivity index (χ2v) is 5.76. The summed E-state index contributed by atoms with van der Waals surface area (Å²) in [4.78, 5) is 1.26. The average Bonchev–Trinajstić information content (AvgIpc) is 2.90. The summed E-state index contributed by atoms with van der Waals surface area (Å²) in [6.45, 7) is 4.13. The molecule has 0 aliphatic rings. The molecule has 0 saturated heterocycles. The van der Waals surface area contributed by atoms with Crippen LogP contribution in [0.2, 0.25) is 5.15 Å². The standard InChI is InChI=1S/C13H18ClN3S/c1-4-9-5-6-18-12(9)11(15)7-10-8(2)16-17(3)13(10)14/h5-6,11H,4,7,15H2,1-3H3. The van der Waals surface area contributed by atoms with Crippen molar-refractivity contribution in [1.82, 2.24) is 9.78 Å². The third-order valence-corrected chi connectivity index (χ3v) is 4.76. The highest BCUT2D eigenvalue weighted by molar-refractivity contribution is 7.10. The van der Waals surface area contributed by atoms with Crippen molar-refractivity contribution in [3.8, 4) is 0 Å². The Labute approximate surface area is 117 Å². The van der Waals surface area contributed by atoms with Crippen LogP contribution in [0.4, 0.5) is 0 Å². The van der Waals surface area contributed by atoms with E-state index in [0.717, 1.165) is 24.1 Å². The van der Waals surface area contributed by atoms with E-state index in [0.29, 0.717) is 5.15 Å². The van der Waals surface area contributed by atoms with Crippen LogP contribution in [0.1, 0.15) is 34.7 Å². The molecule has 0 radical (unpaired) electrons. The zero-order valence-electron chi connectivity index (χ0n) is 10.9. The monoisotopic (exact) mass is 283 g/mol. The number of hydrogen-bond acceptors (Lipinski definition) is 3. The van der Waals surface area contributed by atoms with Gasteiger partial charge in [0.05, 0.1) is 5.69 Å². The van der Waals surface area contributed by atoms with Crippen LogP contribution in [0.25, 0.3) is 0 Å². The first-order valence-corrected chi connectivity index (χ1v) is 7.30. The first kappa shape index (κ1) is 13.6. The lowest BCUT2D eigenvalue weighted by Gasteiger charge is -2.12. The van der Waals surface area contributed by atoms with Gasteiger partial charge in [0.25, 0.3) is 0 Å². The fraction of sp³-hybridized carbons (Fsp3) is 0.462. The van der Waals surface area contributed by atoms with Gasteiger partial charge in [0.1, 0.15) is 5.15 Å². The van der Waals surface area contributed by atoms with Crippen molar-refractivity contribution in [2.75, 3.05) is 0 Å². The zero-order valence-corrected chi connectivity index (χ0v) is 12.5. The van der Waals surface area contributed by atoms with Gasteiger partial charge in [-0.05, 0) is 36.8 Å². The molecule has 3 nitrogen and oxygen atoms in total. The van der Waals surface area contributed by atoms with Gasteiger partial charge in [-0.2, -0.15) is 5.10 Å². The molecule has 0 saturated carbocycles. The molecule has 2 rings (SSSR count). The van der Waals surface area contributed by atoms with Crippen molar-refractivity contribution < 1.29 is 0 Å². The van der Waals surface area contributed by atoms with Crippen LogP contribution in [0.5, 0.6) is 0 Å². The van der Waals surface area contributed by atoms with Gasteiger partial charge in [0, 0.05) is 23.5 Å². The Morgan fingerprint density at radius 3 is 2.83 bits per heavy atom. The lowest BCUT2D eigenvalue weighted by molar-refractivity contribution is 0.724. The number of halogens is 1. The van der Waals surface area contributed by atoms with Crippen molar-refractivity contribution in [1.29, 1.82) is 0 Å². The van der Waals surface area contributed by atoms with Gasteiger partial charge in [-0.1, -0.05) is 18.5 Å². The SMILES string of the molecule is CCc1ccsc1C(N)Cc1c(C)nn(C)c1Cl. The lowest BCUT2D eigenvalue weighted by atomic mass is 10.0. The Balaban J connectivity index is 2.24. The molecule has 2 aromatic rings. The van der Waals surface area contributed by atoms with E-state index in [2.05, 4.69) is 23.5 Å². The summed E-state index contributed by atoms with van der Waals surface area (Å²) in [7, 11) is 1.85. The van der Waals surface area contributed by atoms with Crippen LogP contribution in [0, 0.1) is 6.92 Å². The van der Waals surface area contributed by atoms with Crippen molar-refractivity contribution in [3.05, 3.63) is 38.3 Å². The number of rotatable bonds is 4. The second kappa shape index (κ2) is 5.43. The summed E-state index contributed by atoms with van der Waals surface area (Å²) in [5.74, 6) is 0. The van der Waals surface area contributed by atoms with E-state index in [1.807, 2.05) is 14.0 Å². The second-order valence-electron chi connectivity index (χ2n) is 4.45. The van der Waals surface area contributed by atoms with Crippen molar-refractivity contribution in [3.63, 3.8) is 0 Å². The Hall–Kier alpha value is -0.840. The molecule has 5 heteroatoms. The fourth-order valence-electron chi connectivity index (χ4n) is 2.18. The molecular weight excluding hydrogens is 266 g/mol. The van der Waals surface area contributed by atoms with E-state index in [-0.39, 0.29) is 6.04 Å². The normalized spacial score (nSPS) is 12.9. The highest BCUT2D eigenvalue weighted by Crippen LogP contribution is 2.29. The summed E-state index contributed by atoms with van der Waals surface area (Å²) < 4.78 is 1.70. The molecule has 2 aromatic heterocycles. The lowest BCUT2D eigenvalue weighted by Crippen LogP contribution is -2.14. The van der Waals surface area contributed by atoms with Gasteiger partial charge >= 0.3 is 0 Å². The minimum Gasteiger partial charge on any atom is -0.323 e. The highest BCUT2D eigenvalue weighted by atomic mass is 35.5. The Bertz CT molecular complexity index is 544. The molecule has 2 heterocycles. The van der Waals surface area contributed by atoms with Gasteiger partial charge in [-0.3, -0.25) is 4.68 Å². The van der Waals surface area contributed by atoms with E-state index in [9.17, 15) is 0 Å². The Morgan fingerprint density at radius 1 is 1.56 bits per heavy atom. The van der Waals surface area contributed by atoms with E-state index in [1.54, 1.807) is 16.0 Å². The largest absolute Gasteiger partial charge is 0.323 e. The van der Waals surface area contributed by atoms with Crippen LogP contribution in [0.3, 0.4) is 0 Å². The number of hydrogen-bond donors (Lipinski definition) is 1. The molecule has 18 heavy (non-hydrogen) atoms. The maximum atomic E-state index is 6.31. The van der Waals surface area contributed by atoms with Crippen molar-refractivity contribution >= 4 is 22.9 Å². The predicted molar refractivity (Wildman–Crippen MR) is 77.3 cm³/mol. The average molecular weight is 284 g/mol. The van der Waals surface area contributed by atoms with Crippen molar-refractivity contribution in [2.24, 2.45) is 12.8 Å². The van der Waals surface area contributed by atoms with Gasteiger partial charge < -0.3 is 5.73 Å². The van der Waals surface area contributed by atoms with Crippen LogP contribution >= 0.6 is 22.9 Å². The first-order valence-electron chi connectivity index (χ1n) is 6.04. The van der Waals surface area contributed by atoms with Crippen LogP contribution in [0.15, 0.2) is 11.4 Å². The molecule has 98 valence electrons. The maximum Gasteiger partial charge on any atom is 0.130 e. The zero-order chi connectivity index (χ0) is 13.3. The number of aromatic nitrogens is 2. The topological polar surface area (TPSA) is 43.8 Å². The number of thiophene rings is 1. The molecule has 0 spiro atoms. The molecule has 0 aliphatic heterocycles. The molecule has 0 fully saturated rings. The number of nitrogens with zero attached hydrogens (tertiary/aromatic N) is 2. The maximum absolute atomic E-state index is 6.31. The van der Waals surface area contributed by atoms with E-state index >= 15 is 0 Å². The van der Waals surface area contributed by atoms with Gasteiger partial charge in [0.15, 0.2) is 0 Å². The van der Waals surface area contributed by atoms with Crippen molar-refractivity contribution in [2.45, 2.75) is 32.7 Å². The summed E-state index contributed by atoms with van der Waals surface area (Å²) in [6.07, 6.45) is 1.76. The Morgan fingerprint density at radius 2 is 2.28 bits per heavy atom. The quantitative estimate of drug-likeness (QED) is 0.936. The minimum atomic E-state index is 0.000324. The molecule has 0 aromatic carbocycles. The van der Waals surface area contributed by atoms with Crippen LogP contribution in [-0.2, 0) is 19.9 Å². The number of nitrogens with two attached hydrogens (primary N) is 1. The van der Waals surface area contributed by atoms with Gasteiger partial charge in [-0.15, -0.1) is 11.3 Å². The molecule has 0 bridgehead atoms. The molecule has 2 N–H and O–H groups in total. The van der Waals surface area contributed by atoms with E-state index in [4.69, 9.17) is 17.3 Å². The summed E-state index contributed by atoms with van der Waals surface area (Å²) in [5.41, 5.74) is 9.67. The minimum absolute atomic E-state index is 0.000324. The van der Waals surface area contributed by atoms with Gasteiger partial charge in [0.2, 0.25) is 0 Å². The highest BCUT2D eigenvalue weighted by Gasteiger charge is 2.18. The first-order chi connectivity index (χ1) is 8.54. The molecule has 1 unspecified atom stereocenters. The summed E-state index contributed by atoms with van der Waals surface area (Å²) >= 11 is 7.97. The fourth-order valence-corrected chi connectivity index (χ4v) is 3.44. The van der Waals surface area contributed by atoms with E-state index < -0.39 is 0 Å². The molecule has 0 amide bonds.